The second-order valence-corrected chi connectivity index (χ2v) is 40.5. The number of sulfonamides is 1. The molecular formula is C94H140N12O15S2. The van der Waals surface area contributed by atoms with Gasteiger partial charge in [-0.25, -0.2) is 17.9 Å². The Morgan fingerprint density at radius 2 is 1.14 bits per heavy atom. The average molecular weight is 1740 g/mol. The highest BCUT2D eigenvalue weighted by atomic mass is 32.2. The first-order chi connectivity index (χ1) is 58.1. The maximum Gasteiger partial charge on any atom is 0.329 e. The molecular weight excluding hydrogens is 1600 g/mol. The highest BCUT2D eigenvalue weighted by molar-refractivity contribution is 8.00. The topological polar surface area (TPSA) is 377 Å². The van der Waals surface area contributed by atoms with Gasteiger partial charge in [0, 0.05) is 36.9 Å². The van der Waals surface area contributed by atoms with Crippen LogP contribution in [0.4, 0.5) is 0 Å². The molecule has 4 aromatic rings. The number of fused-ring (bicyclic) bond motifs is 2. The predicted molar refractivity (Wildman–Crippen MR) is 479 cm³/mol. The summed E-state index contributed by atoms with van der Waals surface area (Å²) >= 11 is 1.47. The molecule has 2 saturated carbocycles. The maximum absolute atomic E-state index is 16.0. The molecule has 13 atom stereocenters. The van der Waals surface area contributed by atoms with Crippen molar-refractivity contribution in [3.8, 4) is 5.75 Å². The van der Waals surface area contributed by atoms with Gasteiger partial charge in [0.25, 0.3) is 10.0 Å². The monoisotopic (exact) mass is 1740 g/mol. The average Bonchev–Trinajstić information content (AvgIpc) is 1.70. The van der Waals surface area contributed by atoms with Crippen molar-refractivity contribution in [3.05, 3.63) is 130 Å². The zero-order chi connectivity index (χ0) is 90.1. The van der Waals surface area contributed by atoms with Gasteiger partial charge in [-0.05, 0) is 210 Å². The number of hydrogen-bond donors (Lipinski definition) is 10. The number of hydrogen-bond acceptors (Lipinski definition) is 18. The van der Waals surface area contributed by atoms with E-state index in [-0.39, 0.29) is 85.9 Å². The van der Waals surface area contributed by atoms with Crippen LogP contribution in [0, 0.1) is 49.9 Å². The Hall–Kier alpha value is -8.64. The lowest BCUT2D eigenvalue weighted by molar-refractivity contribution is -0.155. The van der Waals surface area contributed by atoms with E-state index in [9.17, 15) is 22.8 Å². The number of rotatable bonds is 38. The summed E-state index contributed by atoms with van der Waals surface area (Å²) in [6, 6.07) is 18.5. The van der Waals surface area contributed by atoms with Crippen molar-refractivity contribution in [2.45, 2.75) is 333 Å². The standard InChI is InChI=1S/C94H140N12O15S2/c1-18-58(5)77(86(112)101-73(84(110)103-78(59(6)19-2)89(115)120-67-44-31-20-21-32-45-67)56-122-94(64-38-25-22-26-39-64,65-40-27-23-28-41-65)66-42-29-24-30-43-66)102-85(111)76-52-63-37-33-34-47-74(63)106(76)88(114)75-48-36-50-105(75)87(113)71(51-57(3)4)99-83(109)72(55-119-92(13,14)15)100-82(108)70(98-81(107)69(95)54-118-91(10,11)12)46-35-49-97-90(96)104-123(116,117)80-61(8)60(7)79-68(62(80)9)53-93(16,17)121-79/h22-30,38-43,57-59,63,67,69-78H,18-21,31-37,44-56,95H2,1-17H3,(H,98,107)(H,99,109)(H,100,108)(H,101,112)(H,102,111)(H,103,110)(H3,96,97,104)/t58-,59-,63-,69-,70-,71-,72-,73-,74-,75-,76-,77-,78-/m0/s1. The van der Waals surface area contributed by atoms with Gasteiger partial charge in [-0.1, -0.05) is 171 Å². The molecule has 0 aromatic heterocycles. The fraction of sp³-hybridized carbons (Fsp3) is 0.638. The zero-order valence-electron chi connectivity index (χ0n) is 75.7. The Morgan fingerprint density at radius 1 is 0.610 bits per heavy atom. The van der Waals surface area contributed by atoms with Crippen LogP contribution in [0.3, 0.4) is 0 Å². The quantitative estimate of drug-likeness (QED) is 0.00498. The lowest BCUT2D eigenvalue weighted by atomic mass is 9.84. The van der Waals surface area contributed by atoms with Crippen molar-refractivity contribution >= 4 is 81.0 Å². The fourth-order valence-corrected chi connectivity index (χ4v) is 20.8. The molecule has 5 aliphatic rings. The molecule has 0 unspecified atom stereocenters. The van der Waals surface area contributed by atoms with Crippen LogP contribution in [-0.4, -0.2) is 193 Å². The molecule has 2 saturated heterocycles. The van der Waals surface area contributed by atoms with Crippen LogP contribution in [0.5, 0.6) is 5.75 Å². The van der Waals surface area contributed by atoms with Gasteiger partial charge in [0.2, 0.25) is 53.2 Å². The SMILES string of the molecule is CC[C@H](C)[C@H](NC(=O)[C@@H]1C[C@@H]2CCCC[C@@H]2N1C(=O)[C@@H]1CCCN1C(=O)[C@H](CC(C)C)NC(=O)[C@H](COC(C)(C)C)NC(=O)[C@H](CCCNC(=N)NS(=O)(=O)c1c(C)c(C)c2c(c1C)CC(C)(C)O2)NC(=O)[C@@H](N)COC(C)(C)C)C(=O)N[C@@H](CSC(c1ccccc1)(c1ccccc1)c1ccccc1)C(=O)N[C@H](C(=O)OC1CCCCCC1)[C@@H](C)CC. The van der Waals surface area contributed by atoms with Crippen LogP contribution in [0.1, 0.15) is 251 Å². The van der Waals surface area contributed by atoms with E-state index in [0.717, 1.165) is 80.0 Å². The van der Waals surface area contributed by atoms with Crippen LogP contribution < -0.4 is 52.4 Å². The van der Waals surface area contributed by atoms with E-state index in [0.29, 0.717) is 61.0 Å². The first kappa shape index (κ1) is 98.2. The van der Waals surface area contributed by atoms with Gasteiger partial charge in [-0.15, -0.1) is 11.8 Å². The fourth-order valence-electron chi connectivity index (χ4n) is 17.7. The minimum atomic E-state index is -4.30. The summed E-state index contributed by atoms with van der Waals surface area (Å²) in [7, 11) is -4.30. The Labute approximate surface area is 734 Å². The van der Waals surface area contributed by atoms with Gasteiger partial charge in [0.15, 0.2) is 0 Å². The molecule has 0 spiro atoms. The van der Waals surface area contributed by atoms with E-state index < -0.39 is 158 Å². The van der Waals surface area contributed by atoms with Crippen LogP contribution >= 0.6 is 11.8 Å². The van der Waals surface area contributed by atoms with Gasteiger partial charge >= 0.3 is 5.97 Å². The van der Waals surface area contributed by atoms with E-state index in [1.807, 2.05) is 146 Å². The van der Waals surface area contributed by atoms with Crippen molar-refractivity contribution in [1.29, 1.82) is 5.41 Å². The molecule has 3 aliphatic heterocycles. The summed E-state index contributed by atoms with van der Waals surface area (Å²) in [5.41, 5.74) is 9.52. The van der Waals surface area contributed by atoms with E-state index in [2.05, 4.69) is 41.9 Å². The number of benzene rings is 4. The number of nitrogens with one attached hydrogen (secondary N) is 9. The van der Waals surface area contributed by atoms with E-state index >= 15 is 28.8 Å². The van der Waals surface area contributed by atoms with Crippen molar-refractivity contribution in [3.63, 3.8) is 0 Å². The Bertz CT molecular complexity index is 4320. The van der Waals surface area contributed by atoms with Crippen LogP contribution in [0.25, 0.3) is 0 Å². The normalized spacial score (nSPS) is 20.3. The van der Waals surface area contributed by atoms with Gasteiger partial charge in [-0.2, -0.15) is 0 Å². The molecule has 29 heteroatoms. The van der Waals surface area contributed by atoms with Gasteiger partial charge in [-0.3, -0.25) is 43.8 Å². The van der Waals surface area contributed by atoms with Gasteiger partial charge in [0.1, 0.15) is 71.8 Å². The van der Waals surface area contributed by atoms with Crippen molar-refractivity contribution in [1.82, 2.24) is 51.7 Å². The second kappa shape index (κ2) is 43.5. The highest BCUT2D eigenvalue weighted by Crippen LogP contribution is 2.50. The summed E-state index contributed by atoms with van der Waals surface area (Å²) < 4.78 is 54.1. The number of nitrogens with two attached hydrogens (primary N) is 1. The smallest absolute Gasteiger partial charge is 0.329 e. The number of amides is 8. The Balaban J connectivity index is 0.946. The molecule has 9 rings (SSSR count). The Kier molecular flexibility index (Phi) is 34.7. The summed E-state index contributed by atoms with van der Waals surface area (Å²) in [4.78, 5) is 140. The molecule has 123 heavy (non-hydrogen) atoms. The largest absolute Gasteiger partial charge is 0.487 e. The van der Waals surface area contributed by atoms with Crippen LogP contribution in [-0.2, 0) is 78.6 Å². The molecule has 4 aromatic carbocycles. The molecule has 4 fully saturated rings. The number of nitrogens with zero attached hydrogens (tertiary/aromatic N) is 2. The van der Waals surface area contributed by atoms with E-state index in [1.54, 1.807) is 67.2 Å². The van der Waals surface area contributed by atoms with Gasteiger partial charge in [0.05, 0.1) is 34.1 Å². The van der Waals surface area contributed by atoms with Crippen molar-refractivity contribution in [2.75, 3.05) is 32.1 Å². The molecule has 678 valence electrons. The first-order valence-electron chi connectivity index (χ1n) is 44.7. The highest BCUT2D eigenvalue weighted by Gasteiger charge is 2.53. The van der Waals surface area contributed by atoms with Gasteiger partial charge < -0.3 is 71.7 Å². The number of likely N-dealkylation sites (tertiary alicyclic amines) is 2. The lowest BCUT2D eigenvalue weighted by Gasteiger charge is -2.38. The van der Waals surface area contributed by atoms with Crippen molar-refractivity contribution < 1.29 is 70.5 Å². The van der Waals surface area contributed by atoms with E-state index in [4.69, 9.17) is 30.1 Å². The number of ether oxygens (including phenoxy) is 4. The van der Waals surface area contributed by atoms with Crippen LogP contribution in [0.2, 0.25) is 0 Å². The summed E-state index contributed by atoms with van der Waals surface area (Å²) in [6.45, 7) is 30.6. The Morgan fingerprint density at radius 3 is 1.72 bits per heavy atom. The molecule has 11 N–H and O–H groups in total. The summed E-state index contributed by atoms with van der Waals surface area (Å²) in [5.74, 6) is -6.71. The molecule has 0 radical (unpaired) electrons. The second-order valence-electron chi connectivity index (χ2n) is 37.6. The summed E-state index contributed by atoms with van der Waals surface area (Å²) in [5, 5.41) is 29.4. The summed E-state index contributed by atoms with van der Waals surface area (Å²) in [6.07, 6.45) is 10.6. The minimum Gasteiger partial charge on any atom is -0.487 e. The molecule has 8 amide bonds. The molecule has 27 nitrogen and oxygen atoms in total. The first-order valence-corrected chi connectivity index (χ1v) is 47.2. The number of carbonyl (C=O) groups excluding carboxylic acids is 9. The number of thioether (sulfide) groups is 1. The predicted octanol–water partition coefficient (Wildman–Crippen LogP) is 11.1. The molecule has 0 bridgehead atoms. The van der Waals surface area contributed by atoms with E-state index in [1.165, 1.54) is 16.7 Å². The lowest BCUT2D eigenvalue weighted by Crippen LogP contribution is -2.62. The van der Waals surface area contributed by atoms with Crippen molar-refractivity contribution in [2.24, 2.45) is 29.4 Å². The third-order valence-electron chi connectivity index (χ3n) is 24.8. The third-order valence-corrected chi connectivity index (χ3v) is 28.1. The number of carbonyl (C=O) groups is 9. The third kappa shape index (κ3) is 25.8. The van der Waals surface area contributed by atoms with Crippen LogP contribution in [0.15, 0.2) is 95.9 Å². The molecule has 3 heterocycles. The minimum absolute atomic E-state index is 0.00945. The number of esters is 1. The molecule has 2 aliphatic carbocycles. The maximum atomic E-state index is 16.0. The zero-order valence-corrected chi connectivity index (χ0v) is 77.3. The number of guanidine groups is 1.